The van der Waals surface area contributed by atoms with Gasteiger partial charge in [0.05, 0.1) is 17.6 Å². The van der Waals surface area contributed by atoms with Crippen LogP contribution in [0.3, 0.4) is 0 Å². The van der Waals surface area contributed by atoms with Crippen LogP contribution < -0.4 is 15.3 Å². The van der Waals surface area contributed by atoms with Gasteiger partial charge in [0.15, 0.2) is 5.65 Å². The van der Waals surface area contributed by atoms with Crippen molar-refractivity contribution in [1.29, 1.82) is 0 Å². The number of fused-ring (bicyclic) bond motifs is 4. The molecule has 148 valence electrons. The Morgan fingerprint density at radius 3 is 2.93 bits per heavy atom. The van der Waals surface area contributed by atoms with Crippen LogP contribution >= 0.6 is 11.3 Å². The number of nitrogens with zero attached hydrogens (tertiary/aromatic N) is 5. The molecule has 4 heterocycles. The molecule has 1 aliphatic rings. The maximum atomic E-state index is 13.1. The molecule has 0 spiro atoms. The molecule has 29 heavy (non-hydrogen) atoms. The third-order valence-corrected chi connectivity index (χ3v) is 6.45. The summed E-state index contributed by atoms with van der Waals surface area (Å²) in [6.07, 6.45) is 1.56. The van der Waals surface area contributed by atoms with E-state index in [2.05, 4.69) is 9.97 Å². The minimum absolute atomic E-state index is 0.122. The van der Waals surface area contributed by atoms with E-state index in [1.165, 1.54) is 4.68 Å². The lowest BCUT2D eigenvalue weighted by atomic mass is 10.1. The number of carbonyl (C=O) groups excluding carboxylic acids is 1. The molecule has 0 radical (unpaired) electrons. The molecule has 4 aromatic rings. The zero-order valence-corrected chi connectivity index (χ0v) is 17.1. The van der Waals surface area contributed by atoms with E-state index >= 15 is 0 Å². The first-order chi connectivity index (χ1) is 13.9. The SMILES string of the molecule is Cc1ccc2c(c1)N(C(=O)Cn1c(=O)nc3c4c(C)c(C)sc4ncn31)CCO2. The number of rotatable bonds is 2. The number of hydrogen-bond donors (Lipinski definition) is 0. The summed E-state index contributed by atoms with van der Waals surface area (Å²) in [5.41, 5.74) is 2.90. The summed E-state index contributed by atoms with van der Waals surface area (Å²) >= 11 is 1.57. The fraction of sp³-hybridized carbons (Fsp3) is 0.300. The standard InChI is InChI=1S/C20H19N5O3S/c1-11-4-5-15-14(8-11)23(6-7-28-15)16(26)9-24-20(27)22-18-17-12(2)13(3)29-19(17)21-10-25(18)24/h4-5,8,10H,6-7,9H2,1-3H3. The molecule has 0 atom stereocenters. The Morgan fingerprint density at radius 2 is 2.10 bits per heavy atom. The molecule has 1 aliphatic heterocycles. The van der Waals surface area contributed by atoms with E-state index in [0.717, 1.165) is 31.9 Å². The smallest absolute Gasteiger partial charge is 0.365 e. The van der Waals surface area contributed by atoms with Gasteiger partial charge in [0, 0.05) is 4.88 Å². The molecule has 0 saturated heterocycles. The lowest BCUT2D eigenvalue weighted by molar-refractivity contribution is -0.119. The normalized spacial score (nSPS) is 13.7. The Bertz CT molecular complexity index is 1350. The minimum atomic E-state index is -0.464. The quantitative estimate of drug-likeness (QED) is 0.508. The van der Waals surface area contributed by atoms with Gasteiger partial charge in [-0.3, -0.25) is 4.79 Å². The molecule has 0 unspecified atom stereocenters. The second-order valence-electron chi connectivity index (χ2n) is 7.19. The Kier molecular flexibility index (Phi) is 3.95. The zero-order chi connectivity index (χ0) is 20.3. The number of aromatic nitrogens is 4. The number of amides is 1. The fourth-order valence-corrected chi connectivity index (χ4v) is 4.70. The molecule has 8 nitrogen and oxygen atoms in total. The monoisotopic (exact) mass is 409 g/mol. The van der Waals surface area contributed by atoms with Gasteiger partial charge < -0.3 is 9.64 Å². The number of carbonyl (C=O) groups is 1. The first-order valence-corrected chi connectivity index (χ1v) is 10.1. The van der Waals surface area contributed by atoms with Crippen LogP contribution in [0.2, 0.25) is 0 Å². The van der Waals surface area contributed by atoms with Crippen LogP contribution in [0.5, 0.6) is 5.75 Å². The molecule has 0 aliphatic carbocycles. The average molecular weight is 409 g/mol. The Labute approximate surface area is 170 Å². The van der Waals surface area contributed by atoms with Crippen LogP contribution in [0.25, 0.3) is 15.9 Å². The molecular weight excluding hydrogens is 390 g/mol. The minimum Gasteiger partial charge on any atom is -0.490 e. The van der Waals surface area contributed by atoms with E-state index < -0.39 is 5.69 Å². The van der Waals surface area contributed by atoms with Gasteiger partial charge in [0.1, 0.15) is 30.1 Å². The summed E-state index contributed by atoms with van der Waals surface area (Å²) in [6, 6.07) is 5.74. The van der Waals surface area contributed by atoms with Crippen LogP contribution in [0, 0.1) is 20.8 Å². The van der Waals surface area contributed by atoms with Gasteiger partial charge >= 0.3 is 5.69 Å². The van der Waals surface area contributed by atoms with Crippen molar-refractivity contribution in [3.05, 3.63) is 51.0 Å². The molecule has 1 amide bonds. The van der Waals surface area contributed by atoms with Crippen LogP contribution in [-0.4, -0.2) is 38.2 Å². The van der Waals surface area contributed by atoms with Gasteiger partial charge in [0.2, 0.25) is 5.91 Å². The van der Waals surface area contributed by atoms with E-state index in [4.69, 9.17) is 4.74 Å². The maximum Gasteiger partial charge on any atom is 0.365 e. The van der Waals surface area contributed by atoms with Crippen molar-refractivity contribution >= 4 is 38.8 Å². The lowest BCUT2D eigenvalue weighted by Crippen LogP contribution is -2.41. The highest BCUT2D eigenvalue weighted by Gasteiger charge is 2.25. The second-order valence-corrected chi connectivity index (χ2v) is 8.40. The fourth-order valence-electron chi connectivity index (χ4n) is 3.71. The van der Waals surface area contributed by atoms with Crippen molar-refractivity contribution in [3.8, 4) is 5.75 Å². The van der Waals surface area contributed by atoms with Gasteiger partial charge in [-0.2, -0.15) is 4.98 Å². The van der Waals surface area contributed by atoms with E-state index in [-0.39, 0.29) is 12.5 Å². The second kappa shape index (κ2) is 6.41. The van der Waals surface area contributed by atoms with Crippen molar-refractivity contribution in [2.45, 2.75) is 27.3 Å². The van der Waals surface area contributed by atoms with Crippen molar-refractivity contribution in [1.82, 2.24) is 19.2 Å². The van der Waals surface area contributed by atoms with Crippen molar-refractivity contribution in [3.63, 3.8) is 0 Å². The van der Waals surface area contributed by atoms with Crippen LogP contribution in [-0.2, 0) is 11.3 Å². The van der Waals surface area contributed by atoms with E-state index in [9.17, 15) is 9.59 Å². The Hall–Kier alpha value is -3.20. The summed E-state index contributed by atoms with van der Waals surface area (Å²) < 4.78 is 8.58. The van der Waals surface area contributed by atoms with Gasteiger partial charge in [0.25, 0.3) is 0 Å². The van der Waals surface area contributed by atoms with E-state index in [1.807, 2.05) is 39.0 Å². The first-order valence-electron chi connectivity index (χ1n) is 9.31. The van der Waals surface area contributed by atoms with Gasteiger partial charge in [-0.25, -0.2) is 19.0 Å². The van der Waals surface area contributed by atoms with Crippen molar-refractivity contribution in [2.24, 2.45) is 0 Å². The third-order valence-electron chi connectivity index (χ3n) is 5.34. The van der Waals surface area contributed by atoms with Crippen molar-refractivity contribution in [2.75, 3.05) is 18.1 Å². The number of aryl methyl sites for hydroxylation is 3. The molecule has 0 saturated carbocycles. The number of anilines is 1. The zero-order valence-electron chi connectivity index (χ0n) is 16.3. The molecule has 0 bridgehead atoms. The maximum absolute atomic E-state index is 13.1. The van der Waals surface area contributed by atoms with Gasteiger partial charge in [-0.15, -0.1) is 11.3 Å². The van der Waals surface area contributed by atoms with Gasteiger partial charge in [-0.05, 0) is 44.0 Å². The summed E-state index contributed by atoms with van der Waals surface area (Å²) in [6.45, 7) is 6.72. The molecule has 3 aromatic heterocycles. The highest BCUT2D eigenvalue weighted by molar-refractivity contribution is 7.18. The first kappa shape index (κ1) is 17.9. The van der Waals surface area contributed by atoms with E-state index in [1.54, 1.807) is 27.1 Å². The topological polar surface area (TPSA) is 81.7 Å². The predicted octanol–water partition coefficient (Wildman–Crippen LogP) is 2.46. The lowest BCUT2D eigenvalue weighted by Gasteiger charge is -2.29. The van der Waals surface area contributed by atoms with Crippen LogP contribution in [0.15, 0.2) is 29.3 Å². The highest BCUT2D eigenvalue weighted by atomic mass is 32.1. The Balaban J connectivity index is 1.57. The highest BCUT2D eigenvalue weighted by Crippen LogP contribution is 2.33. The average Bonchev–Trinajstić information content (AvgIpc) is 3.17. The summed E-state index contributed by atoms with van der Waals surface area (Å²) in [4.78, 5) is 38.1. The summed E-state index contributed by atoms with van der Waals surface area (Å²) in [5.74, 6) is 0.482. The van der Waals surface area contributed by atoms with E-state index in [0.29, 0.717) is 24.5 Å². The number of benzene rings is 1. The Morgan fingerprint density at radius 1 is 1.28 bits per heavy atom. The molecule has 5 rings (SSSR count). The molecule has 9 heteroatoms. The third kappa shape index (κ3) is 2.72. The summed E-state index contributed by atoms with van der Waals surface area (Å²) in [7, 11) is 0. The largest absolute Gasteiger partial charge is 0.490 e. The number of hydrogen-bond acceptors (Lipinski definition) is 6. The van der Waals surface area contributed by atoms with Gasteiger partial charge in [-0.1, -0.05) is 6.07 Å². The predicted molar refractivity (Wildman–Crippen MR) is 111 cm³/mol. The van der Waals surface area contributed by atoms with Crippen LogP contribution in [0.1, 0.15) is 16.0 Å². The van der Waals surface area contributed by atoms with Crippen LogP contribution in [0.4, 0.5) is 5.69 Å². The number of ether oxygens (including phenoxy) is 1. The molecule has 0 fully saturated rings. The molecule has 0 N–H and O–H groups in total. The molecule has 1 aromatic carbocycles. The molecular formula is C20H19N5O3S. The number of thiophene rings is 1. The summed E-state index contributed by atoms with van der Waals surface area (Å²) in [5, 5.41) is 0.866. The van der Waals surface area contributed by atoms with Crippen molar-refractivity contribution < 1.29 is 9.53 Å².